The first kappa shape index (κ1) is 19.3. The molecule has 0 aromatic heterocycles. The van der Waals surface area contributed by atoms with E-state index in [2.05, 4.69) is 5.32 Å². The van der Waals surface area contributed by atoms with Gasteiger partial charge in [-0.3, -0.25) is 14.9 Å². The van der Waals surface area contributed by atoms with Crippen molar-refractivity contribution >= 4 is 29.3 Å². The lowest BCUT2D eigenvalue weighted by Gasteiger charge is -2.12. The lowest BCUT2D eigenvalue weighted by Crippen LogP contribution is -2.29. The number of carbonyl (C=O) groups excluding carboxylic acids is 2. The molecule has 1 atom stereocenters. The van der Waals surface area contributed by atoms with Gasteiger partial charge in [0.1, 0.15) is 0 Å². The number of amides is 1. The maximum atomic E-state index is 12.1. The number of nitro benzene ring substituents is 1. The molecule has 0 spiro atoms. The van der Waals surface area contributed by atoms with Crippen LogP contribution in [0, 0.1) is 21.4 Å². The van der Waals surface area contributed by atoms with Gasteiger partial charge in [-0.05, 0) is 43.3 Å². The third-order valence-electron chi connectivity index (χ3n) is 3.48. The van der Waals surface area contributed by atoms with E-state index in [4.69, 9.17) is 10.00 Å². The zero-order chi connectivity index (χ0) is 19.8. The summed E-state index contributed by atoms with van der Waals surface area (Å²) in [5.41, 5.74) is 1.01. The Morgan fingerprint density at radius 3 is 2.52 bits per heavy atom. The highest BCUT2D eigenvalue weighted by Crippen LogP contribution is 2.19. The third kappa shape index (κ3) is 5.51. The largest absolute Gasteiger partial charge is 0.449 e. The molecule has 0 aliphatic rings. The molecule has 8 heteroatoms. The summed E-state index contributed by atoms with van der Waals surface area (Å²) < 4.78 is 4.99. The number of ether oxygens (including phenoxy) is 1. The molecule has 0 saturated heterocycles. The van der Waals surface area contributed by atoms with Gasteiger partial charge in [0.15, 0.2) is 6.10 Å². The molecule has 8 nitrogen and oxygen atoms in total. The van der Waals surface area contributed by atoms with E-state index < -0.39 is 22.9 Å². The van der Waals surface area contributed by atoms with Crippen LogP contribution in [0.15, 0.2) is 54.6 Å². The lowest BCUT2D eigenvalue weighted by atomic mass is 10.1. The van der Waals surface area contributed by atoms with Gasteiger partial charge < -0.3 is 10.1 Å². The Morgan fingerprint density at radius 2 is 1.89 bits per heavy atom. The van der Waals surface area contributed by atoms with E-state index in [-0.39, 0.29) is 11.3 Å². The fraction of sp³-hybridized carbons (Fsp3) is 0.105. The van der Waals surface area contributed by atoms with Crippen molar-refractivity contribution in [1.82, 2.24) is 0 Å². The highest BCUT2D eigenvalue weighted by Gasteiger charge is 2.17. The van der Waals surface area contributed by atoms with E-state index in [1.807, 2.05) is 6.07 Å². The summed E-state index contributed by atoms with van der Waals surface area (Å²) in [6.07, 6.45) is 1.20. The molecule has 0 aliphatic carbocycles. The van der Waals surface area contributed by atoms with Gasteiger partial charge in [0, 0.05) is 17.8 Å². The Balaban J connectivity index is 1.95. The Hall–Kier alpha value is -3.99. The zero-order valence-corrected chi connectivity index (χ0v) is 14.3. The number of benzene rings is 2. The minimum absolute atomic E-state index is 0.145. The number of rotatable bonds is 6. The molecule has 0 fully saturated rings. The molecule has 0 heterocycles. The maximum Gasteiger partial charge on any atom is 0.331 e. The minimum atomic E-state index is -1.08. The number of hydrogen-bond donors (Lipinski definition) is 1. The number of nitriles is 1. The van der Waals surface area contributed by atoms with E-state index in [1.54, 1.807) is 30.3 Å². The first-order valence-corrected chi connectivity index (χ1v) is 7.84. The van der Waals surface area contributed by atoms with E-state index in [0.29, 0.717) is 11.3 Å². The summed E-state index contributed by atoms with van der Waals surface area (Å²) >= 11 is 0. The van der Waals surface area contributed by atoms with Gasteiger partial charge in [-0.1, -0.05) is 12.1 Å². The van der Waals surface area contributed by atoms with Gasteiger partial charge in [0.05, 0.1) is 22.1 Å². The van der Waals surface area contributed by atoms with E-state index in [1.165, 1.54) is 31.2 Å². The van der Waals surface area contributed by atoms with Crippen molar-refractivity contribution < 1.29 is 19.2 Å². The van der Waals surface area contributed by atoms with Gasteiger partial charge in [0.2, 0.25) is 0 Å². The molecule has 136 valence electrons. The van der Waals surface area contributed by atoms with Crippen LogP contribution in [0.2, 0.25) is 0 Å². The standard InChI is InChI=1S/C19H15N3O5/c1-13(19(24)21-16-9-6-14(12-20)7-10-16)27-18(23)11-8-15-4-2-3-5-17(15)22(25)26/h2-11,13H,1H3,(H,21,24)/b11-8+/t13-/m0/s1. The molecule has 1 amide bonds. The molecule has 2 aromatic rings. The van der Waals surface area contributed by atoms with E-state index >= 15 is 0 Å². The number of para-hydroxylation sites is 1. The van der Waals surface area contributed by atoms with Crippen LogP contribution in [0.25, 0.3) is 6.08 Å². The van der Waals surface area contributed by atoms with Crippen LogP contribution in [0.3, 0.4) is 0 Å². The van der Waals surface area contributed by atoms with Gasteiger partial charge in [-0.15, -0.1) is 0 Å². The zero-order valence-electron chi connectivity index (χ0n) is 14.3. The van der Waals surface area contributed by atoms with Gasteiger partial charge in [-0.2, -0.15) is 5.26 Å². The molecule has 0 bridgehead atoms. The van der Waals surface area contributed by atoms with E-state index in [0.717, 1.165) is 6.08 Å². The summed E-state index contributed by atoms with van der Waals surface area (Å²) in [5, 5.41) is 22.2. The van der Waals surface area contributed by atoms with Crippen LogP contribution in [-0.4, -0.2) is 22.9 Å². The smallest absolute Gasteiger partial charge is 0.331 e. The lowest BCUT2D eigenvalue weighted by molar-refractivity contribution is -0.385. The van der Waals surface area contributed by atoms with Crippen LogP contribution < -0.4 is 5.32 Å². The van der Waals surface area contributed by atoms with Gasteiger partial charge in [0.25, 0.3) is 11.6 Å². The van der Waals surface area contributed by atoms with Crippen LogP contribution in [-0.2, 0) is 14.3 Å². The quantitative estimate of drug-likeness (QED) is 0.363. The molecule has 0 saturated carbocycles. The number of hydrogen-bond acceptors (Lipinski definition) is 6. The highest BCUT2D eigenvalue weighted by molar-refractivity contribution is 5.96. The molecular formula is C19H15N3O5. The first-order valence-electron chi connectivity index (χ1n) is 7.84. The van der Waals surface area contributed by atoms with Crippen molar-refractivity contribution in [2.24, 2.45) is 0 Å². The Labute approximate surface area is 154 Å². The fourth-order valence-electron chi connectivity index (χ4n) is 2.09. The average molecular weight is 365 g/mol. The summed E-state index contributed by atoms with van der Waals surface area (Å²) in [7, 11) is 0. The first-order chi connectivity index (χ1) is 12.9. The molecule has 0 aliphatic heterocycles. The van der Waals surface area contributed by atoms with Gasteiger partial charge >= 0.3 is 5.97 Å². The van der Waals surface area contributed by atoms with Crippen molar-refractivity contribution in [3.63, 3.8) is 0 Å². The number of esters is 1. The highest BCUT2D eigenvalue weighted by atomic mass is 16.6. The molecule has 0 unspecified atom stereocenters. The SMILES string of the molecule is C[C@H](OC(=O)/C=C/c1ccccc1[N+](=O)[O-])C(=O)Nc1ccc(C#N)cc1. The maximum absolute atomic E-state index is 12.1. The summed E-state index contributed by atoms with van der Waals surface area (Å²) in [5.74, 6) is -1.36. The molecule has 1 N–H and O–H groups in total. The van der Waals surface area contributed by atoms with Crippen LogP contribution in [0.4, 0.5) is 11.4 Å². The predicted molar refractivity (Wildman–Crippen MR) is 97.5 cm³/mol. The molecule has 2 aromatic carbocycles. The number of nitrogens with zero attached hydrogens (tertiary/aromatic N) is 2. The second-order valence-electron chi connectivity index (χ2n) is 5.41. The molecule has 0 radical (unpaired) electrons. The monoisotopic (exact) mass is 365 g/mol. The number of nitrogens with one attached hydrogen (secondary N) is 1. The summed E-state index contributed by atoms with van der Waals surface area (Å²) in [6.45, 7) is 1.40. The predicted octanol–water partition coefficient (Wildman–Crippen LogP) is 3.05. The number of anilines is 1. The topological polar surface area (TPSA) is 122 Å². The van der Waals surface area contributed by atoms with Crippen LogP contribution in [0.1, 0.15) is 18.1 Å². The fourth-order valence-corrected chi connectivity index (χ4v) is 2.09. The van der Waals surface area contributed by atoms with Crippen molar-refractivity contribution in [3.8, 4) is 6.07 Å². The molecule has 27 heavy (non-hydrogen) atoms. The Bertz CT molecular complexity index is 929. The third-order valence-corrected chi connectivity index (χ3v) is 3.48. The Kier molecular flexibility index (Phi) is 6.39. The van der Waals surface area contributed by atoms with Crippen molar-refractivity contribution in [2.45, 2.75) is 13.0 Å². The summed E-state index contributed by atoms with van der Waals surface area (Å²) in [4.78, 5) is 34.3. The average Bonchev–Trinajstić information content (AvgIpc) is 2.67. The second-order valence-corrected chi connectivity index (χ2v) is 5.41. The van der Waals surface area contributed by atoms with Crippen LogP contribution >= 0.6 is 0 Å². The second kappa shape index (κ2) is 8.92. The number of carbonyl (C=O) groups is 2. The summed E-state index contributed by atoms with van der Waals surface area (Å²) in [6, 6.07) is 14.1. The molecular weight excluding hydrogens is 350 g/mol. The number of nitro groups is 1. The molecule has 2 rings (SSSR count). The van der Waals surface area contributed by atoms with Crippen LogP contribution in [0.5, 0.6) is 0 Å². The van der Waals surface area contributed by atoms with Crippen molar-refractivity contribution in [3.05, 3.63) is 75.8 Å². The normalized spacial score (nSPS) is 11.4. The van der Waals surface area contributed by atoms with Crippen molar-refractivity contribution in [2.75, 3.05) is 5.32 Å². The van der Waals surface area contributed by atoms with Crippen molar-refractivity contribution in [1.29, 1.82) is 5.26 Å². The Morgan fingerprint density at radius 1 is 1.22 bits per heavy atom. The minimum Gasteiger partial charge on any atom is -0.449 e. The van der Waals surface area contributed by atoms with E-state index in [9.17, 15) is 19.7 Å². The van der Waals surface area contributed by atoms with Gasteiger partial charge in [-0.25, -0.2) is 4.79 Å².